The van der Waals surface area contributed by atoms with Crippen LogP contribution >= 0.6 is 23.2 Å². The van der Waals surface area contributed by atoms with Gasteiger partial charge in [-0.15, -0.1) is 0 Å². The first-order valence-corrected chi connectivity index (χ1v) is 16.0. The fourth-order valence-corrected chi connectivity index (χ4v) is 6.02. The highest BCUT2D eigenvalue weighted by Crippen LogP contribution is 2.28. The second-order valence-electron chi connectivity index (χ2n) is 10.6. The van der Waals surface area contributed by atoms with Crippen LogP contribution in [-0.2, 0) is 32.6 Å². The van der Waals surface area contributed by atoms with E-state index in [2.05, 4.69) is 5.32 Å². The summed E-state index contributed by atoms with van der Waals surface area (Å²) in [6.45, 7) is 7.48. The molecule has 2 amide bonds. The third-order valence-corrected chi connectivity index (χ3v) is 8.38. The first-order valence-electron chi connectivity index (χ1n) is 13.4. The van der Waals surface area contributed by atoms with Crippen molar-refractivity contribution in [2.24, 2.45) is 5.92 Å². The Morgan fingerprint density at radius 3 is 2.12 bits per heavy atom. The average Bonchev–Trinajstić information content (AvgIpc) is 2.89. The van der Waals surface area contributed by atoms with E-state index in [9.17, 15) is 18.0 Å². The molecular weight excluding hydrogens is 581 g/mol. The van der Waals surface area contributed by atoms with E-state index in [-0.39, 0.29) is 24.8 Å². The molecule has 0 saturated carbocycles. The highest BCUT2D eigenvalue weighted by atomic mass is 35.5. The van der Waals surface area contributed by atoms with Gasteiger partial charge in [-0.05, 0) is 54.2 Å². The number of rotatable bonds is 12. The molecule has 3 rings (SSSR count). The molecule has 10 heteroatoms. The summed E-state index contributed by atoms with van der Waals surface area (Å²) in [4.78, 5) is 29.3. The predicted octanol–water partition coefficient (Wildman–Crippen LogP) is 5.79. The van der Waals surface area contributed by atoms with Crippen molar-refractivity contribution >= 4 is 50.7 Å². The van der Waals surface area contributed by atoms with Crippen molar-refractivity contribution in [3.05, 3.63) is 99.0 Å². The topological polar surface area (TPSA) is 86.8 Å². The van der Waals surface area contributed by atoms with Crippen LogP contribution in [0.5, 0.6) is 0 Å². The molecule has 0 saturated heterocycles. The molecular formula is C31H37Cl2N3O4S. The molecule has 0 fully saturated rings. The molecule has 0 aliphatic rings. The number of carbonyl (C=O) groups excluding carboxylic acids is 2. The van der Waals surface area contributed by atoms with Crippen LogP contribution in [0, 0.1) is 19.8 Å². The molecule has 0 aliphatic heterocycles. The number of nitrogens with zero attached hydrogens (tertiary/aromatic N) is 2. The molecule has 0 spiro atoms. The molecule has 220 valence electrons. The number of para-hydroxylation sites is 1. The highest BCUT2D eigenvalue weighted by molar-refractivity contribution is 7.92. The van der Waals surface area contributed by atoms with Crippen LogP contribution in [0.3, 0.4) is 0 Å². The van der Waals surface area contributed by atoms with Crippen molar-refractivity contribution in [2.75, 3.05) is 23.7 Å². The molecule has 0 unspecified atom stereocenters. The number of carbonyl (C=O) groups is 2. The zero-order valence-corrected chi connectivity index (χ0v) is 26.4. The first kappa shape index (κ1) is 32.4. The molecule has 0 radical (unpaired) electrons. The number of nitrogens with one attached hydrogen (secondary N) is 1. The van der Waals surface area contributed by atoms with Gasteiger partial charge >= 0.3 is 0 Å². The van der Waals surface area contributed by atoms with Crippen LogP contribution in [-0.4, -0.2) is 50.5 Å². The van der Waals surface area contributed by atoms with Crippen molar-refractivity contribution < 1.29 is 18.0 Å². The maximum Gasteiger partial charge on any atom is 0.244 e. The Hall–Kier alpha value is -3.07. The standard InChI is InChI=1S/C31H37Cl2N3O4S/c1-21(2)18-34-31(38)28(16-24-12-7-6-8-13-24)35(19-25-14-15-26(32)17-27(25)33)29(37)20-36(41(5,39)40)30-22(3)10-9-11-23(30)4/h6-15,17,21,28H,16,18-20H2,1-5H3,(H,34,38)/t28-/m0/s1. The molecule has 3 aromatic rings. The van der Waals surface area contributed by atoms with Crippen LogP contribution < -0.4 is 9.62 Å². The van der Waals surface area contributed by atoms with E-state index in [0.717, 1.165) is 16.1 Å². The van der Waals surface area contributed by atoms with E-state index in [1.165, 1.54) is 4.90 Å². The Labute approximate surface area is 253 Å². The van der Waals surface area contributed by atoms with Gasteiger partial charge in [-0.25, -0.2) is 8.42 Å². The number of benzene rings is 3. The first-order chi connectivity index (χ1) is 19.3. The second kappa shape index (κ2) is 14.2. The second-order valence-corrected chi connectivity index (χ2v) is 13.4. The Morgan fingerprint density at radius 1 is 0.927 bits per heavy atom. The molecule has 0 aliphatic carbocycles. The van der Waals surface area contributed by atoms with Gasteiger partial charge in [0.25, 0.3) is 0 Å². The quantitative estimate of drug-likeness (QED) is 0.279. The maximum absolute atomic E-state index is 14.2. The van der Waals surface area contributed by atoms with Gasteiger partial charge in [0.2, 0.25) is 21.8 Å². The molecule has 0 aromatic heterocycles. The summed E-state index contributed by atoms with van der Waals surface area (Å²) < 4.78 is 27.2. The number of sulfonamides is 1. The SMILES string of the molecule is Cc1cccc(C)c1N(CC(=O)N(Cc1ccc(Cl)cc1Cl)[C@@H](Cc1ccccc1)C(=O)NCC(C)C)S(C)(=O)=O. The van der Waals surface area contributed by atoms with Gasteiger partial charge in [0.1, 0.15) is 12.6 Å². The van der Waals surface area contributed by atoms with Gasteiger partial charge < -0.3 is 10.2 Å². The van der Waals surface area contributed by atoms with Gasteiger partial charge in [0.05, 0.1) is 11.9 Å². The third kappa shape index (κ3) is 8.96. The van der Waals surface area contributed by atoms with Crippen molar-refractivity contribution in [1.82, 2.24) is 10.2 Å². The summed E-state index contributed by atoms with van der Waals surface area (Å²) in [6.07, 6.45) is 1.30. The summed E-state index contributed by atoms with van der Waals surface area (Å²) in [5, 5.41) is 3.74. The molecule has 41 heavy (non-hydrogen) atoms. The molecule has 1 N–H and O–H groups in total. The minimum atomic E-state index is -3.86. The minimum Gasteiger partial charge on any atom is -0.354 e. The van der Waals surface area contributed by atoms with Gasteiger partial charge in [-0.1, -0.05) is 91.6 Å². The fourth-order valence-electron chi connectivity index (χ4n) is 4.58. The van der Waals surface area contributed by atoms with Crippen LogP contribution in [0.15, 0.2) is 66.7 Å². The number of aryl methyl sites for hydroxylation is 2. The zero-order chi connectivity index (χ0) is 30.3. The third-order valence-electron chi connectivity index (χ3n) is 6.68. The van der Waals surface area contributed by atoms with E-state index >= 15 is 0 Å². The number of amides is 2. The van der Waals surface area contributed by atoms with Crippen LogP contribution in [0.4, 0.5) is 5.69 Å². The van der Waals surface area contributed by atoms with E-state index in [4.69, 9.17) is 23.2 Å². The summed E-state index contributed by atoms with van der Waals surface area (Å²) in [7, 11) is -3.86. The Kier molecular flexibility index (Phi) is 11.2. The lowest BCUT2D eigenvalue weighted by atomic mass is 10.0. The van der Waals surface area contributed by atoms with Crippen molar-refractivity contribution in [1.29, 1.82) is 0 Å². The normalized spacial score (nSPS) is 12.2. The Morgan fingerprint density at radius 2 is 1.56 bits per heavy atom. The van der Waals surface area contributed by atoms with Crippen LogP contribution in [0.2, 0.25) is 10.0 Å². The van der Waals surface area contributed by atoms with Crippen LogP contribution in [0.25, 0.3) is 0 Å². The van der Waals surface area contributed by atoms with E-state index in [0.29, 0.717) is 39.0 Å². The van der Waals surface area contributed by atoms with Crippen molar-refractivity contribution in [2.45, 2.75) is 46.7 Å². The maximum atomic E-state index is 14.2. The lowest BCUT2D eigenvalue weighted by Gasteiger charge is -2.34. The predicted molar refractivity (Wildman–Crippen MR) is 167 cm³/mol. The summed E-state index contributed by atoms with van der Waals surface area (Å²) >= 11 is 12.6. The zero-order valence-electron chi connectivity index (χ0n) is 24.0. The monoisotopic (exact) mass is 617 g/mol. The lowest BCUT2D eigenvalue weighted by molar-refractivity contribution is -0.140. The van der Waals surface area contributed by atoms with Gasteiger partial charge in [0.15, 0.2) is 0 Å². The van der Waals surface area contributed by atoms with Gasteiger partial charge in [-0.3, -0.25) is 13.9 Å². The van der Waals surface area contributed by atoms with E-state index < -0.39 is 28.5 Å². The van der Waals surface area contributed by atoms with Crippen molar-refractivity contribution in [3.8, 4) is 0 Å². The molecule has 0 heterocycles. The highest BCUT2D eigenvalue weighted by Gasteiger charge is 2.34. The molecule has 0 bridgehead atoms. The van der Waals surface area contributed by atoms with Gasteiger partial charge in [-0.2, -0.15) is 0 Å². The number of anilines is 1. The summed E-state index contributed by atoms with van der Waals surface area (Å²) in [5.41, 5.74) is 3.30. The number of hydrogen-bond donors (Lipinski definition) is 1. The molecule has 3 aromatic carbocycles. The fraction of sp³-hybridized carbons (Fsp3) is 0.355. The molecule has 1 atom stereocenters. The largest absolute Gasteiger partial charge is 0.354 e. The average molecular weight is 619 g/mol. The Bertz CT molecular complexity index is 1460. The minimum absolute atomic E-state index is 0.0220. The van der Waals surface area contributed by atoms with E-state index in [1.807, 2.05) is 50.2 Å². The number of hydrogen-bond acceptors (Lipinski definition) is 4. The van der Waals surface area contributed by atoms with Gasteiger partial charge in [0, 0.05) is 29.6 Å². The smallest absolute Gasteiger partial charge is 0.244 e. The number of halogens is 2. The molecule has 7 nitrogen and oxygen atoms in total. The lowest BCUT2D eigenvalue weighted by Crippen LogP contribution is -2.53. The van der Waals surface area contributed by atoms with Crippen LogP contribution in [0.1, 0.15) is 36.1 Å². The Balaban J connectivity index is 2.11. The van der Waals surface area contributed by atoms with E-state index in [1.54, 1.807) is 44.2 Å². The summed E-state index contributed by atoms with van der Waals surface area (Å²) in [5.74, 6) is -0.681. The van der Waals surface area contributed by atoms with Crippen molar-refractivity contribution in [3.63, 3.8) is 0 Å². The summed E-state index contributed by atoms with van der Waals surface area (Å²) in [6, 6.07) is 18.8.